The van der Waals surface area contributed by atoms with Crippen LogP contribution in [-0.2, 0) is 0 Å². The second-order valence-electron chi connectivity index (χ2n) is 10.8. The van der Waals surface area contributed by atoms with E-state index in [0.29, 0.717) is 34.2 Å². The molecule has 1 saturated carbocycles. The summed E-state index contributed by atoms with van der Waals surface area (Å²) in [6.07, 6.45) is 2.55. The Balaban J connectivity index is 1.46. The summed E-state index contributed by atoms with van der Waals surface area (Å²) < 4.78 is 5.25. The Bertz CT molecular complexity index is 1060. The van der Waals surface area contributed by atoms with Crippen molar-refractivity contribution in [2.45, 2.75) is 59.1 Å². The number of aliphatic hydroxyl groups excluding tert-OH is 1. The highest BCUT2D eigenvalue weighted by Crippen LogP contribution is 2.52. The fourth-order valence-corrected chi connectivity index (χ4v) is 5.87. The Kier molecular flexibility index (Phi) is 5.99. The zero-order chi connectivity index (χ0) is 24.0. The highest BCUT2D eigenvalue weighted by molar-refractivity contribution is 6.05. The zero-order valence-electron chi connectivity index (χ0n) is 20.1. The van der Waals surface area contributed by atoms with Gasteiger partial charge in [-0.3, -0.25) is 9.59 Å². The van der Waals surface area contributed by atoms with Crippen LogP contribution in [0.2, 0.25) is 0 Å². The lowest BCUT2D eigenvalue weighted by Crippen LogP contribution is -2.37. The minimum absolute atomic E-state index is 0.0636. The minimum Gasteiger partial charge on any atom is -0.497 e. The molecule has 1 aliphatic carbocycles. The average Bonchev–Trinajstić information content (AvgIpc) is 3.01. The number of methoxy groups -OCH3 is 1. The van der Waals surface area contributed by atoms with E-state index in [0.717, 1.165) is 25.8 Å². The van der Waals surface area contributed by atoms with E-state index in [4.69, 9.17) is 4.74 Å². The molecule has 1 aliphatic heterocycles. The number of fused-ring (bicyclic) bond motifs is 2. The summed E-state index contributed by atoms with van der Waals surface area (Å²) in [5.74, 6) is 0.263. The third-order valence-corrected chi connectivity index (χ3v) is 6.97. The number of ether oxygens (including phenoxy) is 1. The van der Waals surface area contributed by atoms with E-state index in [9.17, 15) is 14.7 Å². The van der Waals surface area contributed by atoms with Crippen molar-refractivity contribution in [3.8, 4) is 5.75 Å². The minimum atomic E-state index is -0.713. The molecule has 2 fully saturated rings. The maximum absolute atomic E-state index is 13.3. The first-order valence-corrected chi connectivity index (χ1v) is 11.6. The van der Waals surface area contributed by atoms with Crippen molar-refractivity contribution in [3.05, 3.63) is 59.2 Å². The molecule has 0 aromatic heterocycles. The van der Waals surface area contributed by atoms with Gasteiger partial charge in [0, 0.05) is 29.4 Å². The van der Waals surface area contributed by atoms with Crippen molar-refractivity contribution in [1.29, 1.82) is 0 Å². The summed E-state index contributed by atoms with van der Waals surface area (Å²) in [5.41, 5.74) is 2.69. The number of nitrogens with one attached hydrogen (secondary N) is 1. The normalized spacial score (nSPS) is 24.3. The SMILES string of the molecule is COc1cc(C(=O)Nc2ccc(C(=O)N3CC4(C)CC3CC(C)(C)C4)cc2)cc(C(C)O)c1. The van der Waals surface area contributed by atoms with Crippen molar-refractivity contribution < 1.29 is 19.4 Å². The molecule has 176 valence electrons. The topological polar surface area (TPSA) is 78.9 Å². The Morgan fingerprint density at radius 2 is 1.79 bits per heavy atom. The Hall–Kier alpha value is -2.86. The first-order chi connectivity index (χ1) is 15.5. The lowest BCUT2D eigenvalue weighted by molar-refractivity contribution is 0.0708. The summed E-state index contributed by atoms with van der Waals surface area (Å²) >= 11 is 0. The second kappa shape index (κ2) is 8.49. The van der Waals surface area contributed by atoms with Crippen LogP contribution in [0.4, 0.5) is 5.69 Å². The van der Waals surface area contributed by atoms with Gasteiger partial charge in [-0.2, -0.15) is 0 Å². The van der Waals surface area contributed by atoms with Crippen LogP contribution in [0.15, 0.2) is 42.5 Å². The molecule has 2 bridgehead atoms. The highest BCUT2D eigenvalue weighted by Gasteiger charge is 2.51. The monoisotopic (exact) mass is 450 g/mol. The van der Waals surface area contributed by atoms with E-state index in [1.807, 2.05) is 0 Å². The van der Waals surface area contributed by atoms with E-state index < -0.39 is 6.10 Å². The van der Waals surface area contributed by atoms with Gasteiger partial charge in [-0.05, 0) is 85.0 Å². The fourth-order valence-electron chi connectivity index (χ4n) is 5.87. The number of nitrogens with zero attached hydrogens (tertiary/aromatic N) is 1. The van der Waals surface area contributed by atoms with Gasteiger partial charge in [-0.1, -0.05) is 20.8 Å². The fraction of sp³-hybridized carbons (Fsp3) is 0.481. The lowest BCUT2D eigenvalue weighted by Gasteiger charge is -2.39. The van der Waals surface area contributed by atoms with Crippen LogP contribution < -0.4 is 10.1 Å². The number of anilines is 1. The molecule has 1 heterocycles. The molecule has 2 aliphatic rings. The molecule has 6 heteroatoms. The molecule has 3 atom stereocenters. The van der Waals surface area contributed by atoms with E-state index >= 15 is 0 Å². The van der Waals surface area contributed by atoms with Crippen molar-refractivity contribution in [1.82, 2.24) is 4.90 Å². The summed E-state index contributed by atoms with van der Waals surface area (Å²) in [6.45, 7) is 9.35. The molecule has 6 nitrogen and oxygen atoms in total. The third kappa shape index (κ3) is 4.91. The maximum atomic E-state index is 13.3. The van der Waals surface area contributed by atoms with Crippen LogP contribution in [0.3, 0.4) is 0 Å². The number of carbonyl (C=O) groups excluding carboxylic acids is 2. The molecule has 3 unspecified atom stereocenters. The number of amides is 2. The number of hydrogen-bond donors (Lipinski definition) is 2. The molecule has 4 rings (SSSR count). The van der Waals surface area contributed by atoms with Crippen molar-refractivity contribution >= 4 is 17.5 Å². The van der Waals surface area contributed by atoms with Gasteiger partial charge in [0.2, 0.25) is 0 Å². The Labute approximate surface area is 195 Å². The van der Waals surface area contributed by atoms with E-state index in [1.165, 1.54) is 7.11 Å². The molecule has 0 radical (unpaired) electrons. The standard InChI is InChI=1S/C27H34N2O4/c1-17(30)19-10-20(12-23(11-19)33-5)24(31)28-21-8-6-18(7-9-21)25(32)29-16-27(4)14-22(29)13-26(2,3)15-27/h6-12,17,22,30H,13-16H2,1-5H3,(H,28,31). The van der Waals surface area contributed by atoms with Crippen LogP contribution >= 0.6 is 0 Å². The van der Waals surface area contributed by atoms with Crippen LogP contribution in [-0.4, -0.2) is 41.5 Å². The van der Waals surface area contributed by atoms with E-state index in [-0.39, 0.29) is 22.6 Å². The molecule has 2 aromatic rings. The molecular weight excluding hydrogens is 416 g/mol. The Morgan fingerprint density at radius 3 is 2.42 bits per heavy atom. The first-order valence-electron chi connectivity index (χ1n) is 11.6. The van der Waals surface area contributed by atoms with Gasteiger partial charge in [0.25, 0.3) is 11.8 Å². The largest absolute Gasteiger partial charge is 0.497 e. The molecule has 2 aromatic carbocycles. The van der Waals surface area contributed by atoms with Crippen molar-refractivity contribution in [3.63, 3.8) is 0 Å². The first kappa shape index (κ1) is 23.3. The second-order valence-corrected chi connectivity index (χ2v) is 10.8. The number of rotatable bonds is 5. The quantitative estimate of drug-likeness (QED) is 0.669. The molecule has 0 spiro atoms. The number of carbonyl (C=O) groups is 2. The van der Waals surface area contributed by atoms with Crippen LogP contribution in [0.5, 0.6) is 5.75 Å². The lowest BCUT2D eigenvalue weighted by atomic mass is 9.65. The van der Waals surface area contributed by atoms with Crippen LogP contribution in [0.25, 0.3) is 0 Å². The molecule has 1 saturated heterocycles. The Morgan fingerprint density at radius 1 is 1.09 bits per heavy atom. The predicted molar refractivity (Wildman–Crippen MR) is 129 cm³/mol. The van der Waals surface area contributed by atoms with Crippen LogP contribution in [0, 0.1) is 10.8 Å². The predicted octanol–water partition coefficient (Wildman–Crippen LogP) is 5.04. The van der Waals surface area contributed by atoms with Crippen molar-refractivity contribution in [2.24, 2.45) is 10.8 Å². The summed E-state index contributed by atoms with van der Waals surface area (Å²) in [5, 5.41) is 12.8. The summed E-state index contributed by atoms with van der Waals surface area (Å²) in [4.78, 5) is 28.1. The van der Waals surface area contributed by atoms with E-state index in [1.54, 1.807) is 49.4 Å². The number of benzene rings is 2. The van der Waals surface area contributed by atoms with Gasteiger partial charge in [-0.25, -0.2) is 0 Å². The van der Waals surface area contributed by atoms with Gasteiger partial charge < -0.3 is 20.1 Å². The zero-order valence-corrected chi connectivity index (χ0v) is 20.1. The number of hydrogen-bond acceptors (Lipinski definition) is 4. The number of likely N-dealkylation sites (tertiary alicyclic amines) is 1. The average molecular weight is 451 g/mol. The summed E-state index contributed by atoms with van der Waals surface area (Å²) in [7, 11) is 1.52. The molecule has 2 N–H and O–H groups in total. The third-order valence-electron chi connectivity index (χ3n) is 6.97. The number of aliphatic hydroxyl groups is 1. The molecule has 2 amide bonds. The van der Waals surface area contributed by atoms with Crippen molar-refractivity contribution in [2.75, 3.05) is 19.0 Å². The van der Waals surface area contributed by atoms with Gasteiger partial charge in [0.15, 0.2) is 0 Å². The van der Waals surface area contributed by atoms with Gasteiger partial charge in [0.05, 0.1) is 13.2 Å². The van der Waals surface area contributed by atoms with Gasteiger partial charge in [-0.15, -0.1) is 0 Å². The highest BCUT2D eigenvalue weighted by atomic mass is 16.5. The maximum Gasteiger partial charge on any atom is 0.255 e. The molecule has 33 heavy (non-hydrogen) atoms. The van der Waals surface area contributed by atoms with Gasteiger partial charge in [0.1, 0.15) is 5.75 Å². The molecular formula is C27H34N2O4. The smallest absolute Gasteiger partial charge is 0.255 e. The van der Waals surface area contributed by atoms with Gasteiger partial charge >= 0.3 is 0 Å². The summed E-state index contributed by atoms with van der Waals surface area (Å²) in [6, 6.07) is 12.4. The van der Waals surface area contributed by atoms with E-state index in [2.05, 4.69) is 31.0 Å². The van der Waals surface area contributed by atoms with Crippen LogP contribution in [0.1, 0.15) is 79.3 Å².